The molecule has 118 valence electrons. The zero-order valence-electron chi connectivity index (χ0n) is 12.5. The SMILES string of the molecule is CCNC(CCN1CCOC(CO)C1)c1ccc(F)cn1. The van der Waals surface area contributed by atoms with Crippen LogP contribution in [0.5, 0.6) is 0 Å². The number of halogens is 1. The number of nitrogens with one attached hydrogen (secondary N) is 1. The van der Waals surface area contributed by atoms with Crippen molar-refractivity contribution < 1.29 is 14.2 Å². The van der Waals surface area contributed by atoms with Gasteiger partial charge in [-0.25, -0.2) is 4.39 Å². The predicted molar refractivity (Wildman–Crippen MR) is 78.5 cm³/mol. The molecule has 0 amide bonds. The molecule has 6 heteroatoms. The van der Waals surface area contributed by atoms with Crippen molar-refractivity contribution in [3.8, 4) is 0 Å². The summed E-state index contributed by atoms with van der Waals surface area (Å²) in [6.45, 7) is 6.15. The number of aliphatic hydroxyl groups excluding tert-OH is 1. The molecule has 5 nitrogen and oxygen atoms in total. The van der Waals surface area contributed by atoms with Crippen molar-refractivity contribution in [1.29, 1.82) is 0 Å². The van der Waals surface area contributed by atoms with Crippen molar-refractivity contribution >= 4 is 0 Å². The lowest BCUT2D eigenvalue weighted by atomic mass is 10.1. The molecular formula is C15H24FN3O2. The summed E-state index contributed by atoms with van der Waals surface area (Å²) in [5, 5.41) is 12.6. The monoisotopic (exact) mass is 297 g/mol. The minimum Gasteiger partial charge on any atom is -0.394 e. The molecule has 2 heterocycles. The quantitative estimate of drug-likeness (QED) is 0.785. The van der Waals surface area contributed by atoms with Gasteiger partial charge in [0.15, 0.2) is 0 Å². The summed E-state index contributed by atoms with van der Waals surface area (Å²) >= 11 is 0. The Hall–Kier alpha value is -1.08. The van der Waals surface area contributed by atoms with Crippen molar-refractivity contribution in [3.63, 3.8) is 0 Å². The third-order valence-corrected chi connectivity index (χ3v) is 3.72. The van der Waals surface area contributed by atoms with Crippen LogP contribution >= 0.6 is 0 Å². The molecular weight excluding hydrogens is 273 g/mol. The summed E-state index contributed by atoms with van der Waals surface area (Å²) in [4.78, 5) is 6.46. The maximum Gasteiger partial charge on any atom is 0.141 e. The lowest BCUT2D eigenvalue weighted by Gasteiger charge is -2.33. The standard InChI is InChI=1S/C15H24FN3O2/c1-2-17-15(14-4-3-12(16)9-18-14)5-6-19-7-8-21-13(10-19)11-20/h3-4,9,13,15,17,20H,2,5-8,10-11H2,1H3. The summed E-state index contributed by atoms with van der Waals surface area (Å²) in [5.41, 5.74) is 0.866. The van der Waals surface area contributed by atoms with E-state index in [1.54, 1.807) is 6.07 Å². The molecule has 2 N–H and O–H groups in total. The molecule has 0 aromatic carbocycles. The van der Waals surface area contributed by atoms with E-state index in [4.69, 9.17) is 9.84 Å². The first kappa shape index (κ1) is 16.3. The van der Waals surface area contributed by atoms with Crippen LogP contribution in [0.25, 0.3) is 0 Å². The van der Waals surface area contributed by atoms with E-state index in [1.165, 1.54) is 12.3 Å². The van der Waals surface area contributed by atoms with Gasteiger partial charge in [0.2, 0.25) is 0 Å². The minimum absolute atomic E-state index is 0.0622. The van der Waals surface area contributed by atoms with Gasteiger partial charge in [-0.3, -0.25) is 9.88 Å². The van der Waals surface area contributed by atoms with Crippen LogP contribution in [0.3, 0.4) is 0 Å². The van der Waals surface area contributed by atoms with Gasteiger partial charge in [-0.1, -0.05) is 6.92 Å². The van der Waals surface area contributed by atoms with E-state index < -0.39 is 0 Å². The maximum atomic E-state index is 13.0. The molecule has 0 radical (unpaired) electrons. The molecule has 1 aliphatic heterocycles. The third-order valence-electron chi connectivity index (χ3n) is 3.72. The van der Waals surface area contributed by atoms with E-state index in [0.717, 1.165) is 38.3 Å². The third kappa shape index (κ3) is 5.00. The van der Waals surface area contributed by atoms with Crippen molar-refractivity contribution in [2.24, 2.45) is 0 Å². The summed E-state index contributed by atoms with van der Waals surface area (Å²) in [6, 6.07) is 3.30. The van der Waals surface area contributed by atoms with Gasteiger partial charge in [0.1, 0.15) is 5.82 Å². The summed E-state index contributed by atoms with van der Waals surface area (Å²) < 4.78 is 18.4. The number of aromatic nitrogens is 1. The highest BCUT2D eigenvalue weighted by Crippen LogP contribution is 2.16. The first-order valence-electron chi connectivity index (χ1n) is 7.52. The summed E-state index contributed by atoms with van der Waals surface area (Å²) in [6.07, 6.45) is 2.07. The van der Waals surface area contributed by atoms with Crippen LogP contribution in [0, 0.1) is 5.82 Å². The number of aliphatic hydroxyl groups is 1. The highest BCUT2D eigenvalue weighted by molar-refractivity contribution is 5.10. The number of pyridine rings is 1. The van der Waals surface area contributed by atoms with Crippen LogP contribution < -0.4 is 5.32 Å². The zero-order valence-corrected chi connectivity index (χ0v) is 12.5. The van der Waals surface area contributed by atoms with Crippen LogP contribution in [-0.4, -0.2) is 60.5 Å². The second kappa shape index (κ2) is 8.38. The average Bonchev–Trinajstić information content (AvgIpc) is 2.52. The number of morpholine rings is 1. The fourth-order valence-corrected chi connectivity index (χ4v) is 2.60. The van der Waals surface area contributed by atoms with E-state index in [0.29, 0.717) is 6.61 Å². The topological polar surface area (TPSA) is 57.6 Å². The van der Waals surface area contributed by atoms with E-state index >= 15 is 0 Å². The van der Waals surface area contributed by atoms with E-state index in [-0.39, 0.29) is 24.6 Å². The first-order valence-corrected chi connectivity index (χ1v) is 7.52. The van der Waals surface area contributed by atoms with Crippen molar-refractivity contribution in [3.05, 3.63) is 29.8 Å². The molecule has 1 saturated heterocycles. The number of ether oxygens (including phenoxy) is 1. The molecule has 0 aliphatic carbocycles. The highest BCUT2D eigenvalue weighted by atomic mass is 19.1. The number of hydrogen-bond donors (Lipinski definition) is 2. The molecule has 2 atom stereocenters. The lowest BCUT2D eigenvalue weighted by molar-refractivity contribution is -0.0533. The number of rotatable bonds is 7. The molecule has 0 bridgehead atoms. The Morgan fingerprint density at radius 2 is 2.43 bits per heavy atom. The minimum atomic E-state index is -0.312. The predicted octanol–water partition coefficient (Wildman–Crippen LogP) is 0.954. The van der Waals surface area contributed by atoms with Gasteiger partial charge >= 0.3 is 0 Å². The molecule has 21 heavy (non-hydrogen) atoms. The van der Waals surface area contributed by atoms with E-state index in [9.17, 15) is 4.39 Å². The van der Waals surface area contributed by atoms with Gasteiger partial charge in [-0.15, -0.1) is 0 Å². The van der Waals surface area contributed by atoms with Gasteiger partial charge in [0.25, 0.3) is 0 Å². The molecule has 1 aromatic heterocycles. The zero-order chi connectivity index (χ0) is 15.1. The average molecular weight is 297 g/mol. The summed E-state index contributed by atoms with van der Waals surface area (Å²) in [7, 11) is 0. The molecule has 2 unspecified atom stereocenters. The van der Waals surface area contributed by atoms with Gasteiger partial charge in [0.05, 0.1) is 37.3 Å². The molecule has 1 aliphatic rings. The molecule has 1 aromatic rings. The van der Waals surface area contributed by atoms with E-state index in [2.05, 4.69) is 15.2 Å². The number of hydrogen-bond acceptors (Lipinski definition) is 5. The molecule has 1 fully saturated rings. The Kier molecular flexibility index (Phi) is 6.50. The highest BCUT2D eigenvalue weighted by Gasteiger charge is 2.21. The van der Waals surface area contributed by atoms with Gasteiger partial charge in [-0.2, -0.15) is 0 Å². The molecule has 2 rings (SSSR count). The Balaban J connectivity index is 1.89. The Labute approximate surface area is 125 Å². The van der Waals surface area contributed by atoms with Crippen LogP contribution in [-0.2, 0) is 4.74 Å². The second-order valence-electron chi connectivity index (χ2n) is 5.28. The van der Waals surface area contributed by atoms with Crippen LogP contribution in [0.15, 0.2) is 18.3 Å². The van der Waals surface area contributed by atoms with Crippen LogP contribution in [0.4, 0.5) is 4.39 Å². The smallest absolute Gasteiger partial charge is 0.141 e. The van der Waals surface area contributed by atoms with Gasteiger partial charge < -0.3 is 15.2 Å². The van der Waals surface area contributed by atoms with Gasteiger partial charge in [-0.05, 0) is 25.1 Å². The van der Waals surface area contributed by atoms with Crippen LogP contribution in [0.1, 0.15) is 25.1 Å². The number of nitrogens with zero attached hydrogens (tertiary/aromatic N) is 2. The van der Waals surface area contributed by atoms with Crippen molar-refractivity contribution in [2.45, 2.75) is 25.5 Å². The fourth-order valence-electron chi connectivity index (χ4n) is 2.60. The Morgan fingerprint density at radius 1 is 1.57 bits per heavy atom. The normalized spacial score (nSPS) is 21.4. The Morgan fingerprint density at radius 3 is 3.10 bits per heavy atom. The van der Waals surface area contributed by atoms with Crippen molar-refractivity contribution in [2.75, 3.05) is 39.4 Å². The van der Waals surface area contributed by atoms with Crippen molar-refractivity contribution in [1.82, 2.24) is 15.2 Å². The lowest BCUT2D eigenvalue weighted by Crippen LogP contribution is -2.45. The van der Waals surface area contributed by atoms with E-state index in [1.807, 2.05) is 6.92 Å². The second-order valence-corrected chi connectivity index (χ2v) is 5.28. The summed E-state index contributed by atoms with van der Waals surface area (Å²) in [5.74, 6) is -0.312. The largest absolute Gasteiger partial charge is 0.394 e. The fraction of sp³-hybridized carbons (Fsp3) is 0.667. The first-order chi connectivity index (χ1) is 10.2. The van der Waals surface area contributed by atoms with Gasteiger partial charge in [0, 0.05) is 19.6 Å². The molecule has 0 spiro atoms. The van der Waals surface area contributed by atoms with Crippen LogP contribution in [0.2, 0.25) is 0 Å². The molecule has 0 saturated carbocycles. The maximum absolute atomic E-state index is 13.0. The Bertz CT molecular complexity index is 416.